The van der Waals surface area contributed by atoms with Gasteiger partial charge >= 0.3 is 0 Å². The van der Waals surface area contributed by atoms with Gasteiger partial charge < -0.3 is 10.5 Å². The predicted octanol–water partition coefficient (Wildman–Crippen LogP) is 4.68. The molecule has 0 saturated heterocycles. The van der Waals surface area contributed by atoms with E-state index in [1.807, 2.05) is 18.2 Å². The molecule has 19 heavy (non-hydrogen) atoms. The molecule has 0 aliphatic carbocycles. The number of thiophene rings is 1. The van der Waals surface area contributed by atoms with E-state index in [-0.39, 0.29) is 12.1 Å². The Morgan fingerprint density at radius 3 is 2.74 bits per heavy atom. The van der Waals surface area contributed by atoms with Crippen molar-refractivity contribution in [1.82, 2.24) is 0 Å². The van der Waals surface area contributed by atoms with Crippen molar-refractivity contribution in [3.05, 3.63) is 50.6 Å². The van der Waals surface area contributed by atoms with E-state index in [9.17, 15) is 0 Å². The number of benzene rings is 1. The number of hydrogen-bond donors (Lipinski definition) is 1. The number of nitrogens with two attached hydrogens (primary N) is 1. The van der Waals surface area contributed by atoms with Gasteiger partial charge in [0.05, 0.1) is 4.47 Å². The maximum atomic E-state index is 6.20. The van der Waals surface area contributed by atoms with Crippen LogP contribution in [-0.2, 0) is 0 Å². The summed E-state index contributed by atoms with van der Waals surface area (Å²) in [6.45, 7) is 4.14. The quantitative estimate of drug-likeness (QED) is 0.858. The maximum Gasteiger partial charge on any atom is 0.148 e. The molecule has 2 N–H and O–H groups in total. The molecule has 2 unspecified atom stereocenters. The molecule has 1 heterocycles. The van der Waals surface area contributed by atoms with E-state index in [1.165, 1.54) is 10.4 Å². The van der Waals surface area contributed by atoms with Gasteiger partial charge in [-0.15, -0.1) is 11.3 Å². The molecule has 2 aromatic rings. The van der Waals surface area contributed by atoms with Gasteiger partial charge in [-0.05, 0) is 58.4 Å². The Balaban J connectivity index is 2.25. The summed E-state index contributed by atoms with van der Waals surface area (Å²) < 4.78 is 7.11. The second-order valence-electron chi connectivity index (χ2n) is 4.56. The Morgan fingerprint density at radius 2 is 2.16 bits per heavy atom. The fraction of sp³-hybridized carbons (Fsp3) is 0.333. The Hall–Kier alpha value is -0.840. The van der Waals surface area contributed by atoms with Crippen molar-refractivity contribution in [1.29, 1.82) is 0 Å². The Labute approximate surface area is 126 Å². The molecule has 4 heteroatoms. The third kappa shape index (κ3) is 3.59. The van der Waals surface area contributed by atoms with Crippen LogP contribution in [0.1, 0.15) is 29.9 Å². The van der Waals surface area contributed by atoms with Crippen molar-refractivity contribution in [3.63, 3.8) is 0 Å². The van der Waals surface area contributed by atoms with Crippen LogP contribution in [0.4, 0.5) is 0 Å². The van der Waals surface area contributed by atoms with Crippen molar-refractivity contribution in [2.45, 2.75) is 32.4 Å². The molecule has 1 aromatic heterocycles. The first-order valence-corrected chi connectivity index (χ1v) is 8.01. The summed E-state index contributed by atoms with van der Waals surface area (Å²) in [4.78, 5) is 1.17. The van der Waals surface area contributed by atoms with Gasteiger partial charge in [0.15, 0.2) is 0 Å². The zero-order chi connectivity index (χ0) is 13.8. The summed E-state index contributed by atoms with van der Waals surface area (Å²) in [5.41, 5.74) is 7.40. The summed E-state index contributed by atoms with van der Waals surface area (Å²) in [5, 5.41) is 2.05. The van der Waals surface area contributed by atoms with Crippen molar-refractivity contribution < 1.29 is 4.74 Å². The standard InChI is InChI=1S/C15H18BrNOS/c1-3-12(17)15(14-5-4-8-19-14)18-13-7-6-10(2)9-11(13)16/h4-9,12,15H,3,17H2,1-2H3. The first kappa shape index (κ1) is 14.6. The SMILES string of the molecule is CCC(N)C(Oc1ccc(C)cc1Br)c1cccs1. The van der Waals surface area contributed by atoms with Crippen LogP contribution in [0.3, 0.4) is 0 Å². The summed E-state index contributed by atoms with van der Waals surface area (Å²) in [7, 11) is 0. The number of rotatable bonds is 5. The van der Waals surface area contributed by atoms with Gasteiger partial charge in [0.25, 0.3) is 0 Å². The maximum absolute atomic E-state index is 6.20. The van der Waals surface area contributed by atoms with E-state index in [1.54, 1.807) is 11.3 Å². The minimum absolute atomic E-state index is 0.00754. The average Bonchev–Trinajstić information content (AvgIpc) is 2.91. The average molecular weight is 340 g/mol. The smallest absolute Gasteiger partial charge is 0.148 e. The minimum Gasteiger partial charge on any atom is -0.482 e. The van der Waals surface area contributed by atoms with E-state index < -0.39 is 0 Å². The first-order valence-electron chi connectivity index (χ1n) is 6.33. The molecule has 0 amide bonds. The van der Waals surface area contributed by atoms with Gasteiger partial charge in [-0.2, -0.15) is 0 Å². The van der Waals surface area contributed by atoms with Crippen LogP contribution in [0.25, 0.3) is 0 Å². The van der Waals surface area contributed by atoms with E-state index >= 15 is 0 Å². The molecular formula is C15H18BrNOS. The Kier molecular flexibility index (Phi) is 5.02. The lowest BCUT2D eigenvalue weighted by atomic mass is 10.1. The summed E-state index contributed by atoms with van der Waals surface area (Å²) in [6.07, 6.45) is 0.787. The van der Waals surface area contributed by atoms with Gasteiger partial charge in [0.2, 0.25) is 0 Å². The molecular weight excluding hydrogens is 322 g/mol. The summed E-state index contributed by atoms with van der Waals surface area (Å²) >= 11 is 5.23. The number of halogens is 1. The number of hydrogen-bond acceptors (Lipinski definition) is 3. The van der Waals surface area contributed by atoms with Crippen LogP contribution < -0.4 is 10.5 Å². The fourth-order valence-electron chi connectivity index (χ4n) is 1.86. The topological polar surface area (TPSA) is 35.2 Å². The second kappa shape index (κ2) is 6.55. The number of ether oxygens (including phenoxy) is 1. The van der Waals surface area contributed by atoms with Crippen molar-refractivity contribution in [2.24, 2.45) is 5.73 Å². The van der Waals surface area contributed by atoms with Gasteiger partial charge in [-0.25, -0.2) is 0 Å². The molecule has 2 nitrogen and oxygen atoms in total. The minimum atomic E-state index is -0.0935. The molecule has 2 rings (SSSR count). The molecule has 2 atom stereocenters. The summed E-state index contributed by atoms with van der Waals surface area (Å²) in [6, 6.07) is 10.2. The normalized spacial score (nSPS) is 14.1. The molecule has 0 fully saturated rings. The van der Waals surface area contributed by atoms with E-state index in [2.05, 4.69) is 47.3 Å². The van der Waals surface area contributed by atoms with Crippen LogP contribution in [0.15, 0.2) is 40.2 Å². The van der Waals surface area contributed by atoms with Crippen LogP contribution >= 0.6 is 27.3 Å². The lowest BCUT2D eigenvalue weighted by Gasteiger charge is -2.24. The molecule has 0 spiro atoms. The lowest BCUT2D eigenvalue weighted by Crippen LogP contribution is -2.31. The highest BCUT2D eigenvalue weighted by Crippen LogP contribution is 2.33. The van der Waals surface area contributed by atoms with Gasteiger partial charge in [0, 0.05) is 10.9 Å². The Morgan fingerprint density at radius 1 is 1.37 bits per heavy atom. The van der Waals surface area contributed by atoms with E-state index in [0.717, 1.165) is 16.6 Å². The second-order valence-corrected chi connectivity index (χ2v) is 6.39. The highest BCUT2D eigenvalue weighted by atomic mass is 79.9. The van der Waals surface area contributed by atoms with Crippen molar-refractivity contribution in [2.75, 3.05) is 0 Å². The zero-order valence-corrected chi connectivity index (χ0v) is 13.5. The monoisotopic (exact) mass is 339 g/mol. The van der Waals surface area contributed by atoms with Gasteiger partial charge in [-0.1, -0.05) is 19.1 Å². The molecule has 1 aromatic carbocycles. The van der Waals surface area contributed by atoms with Crippen LogP contribution in [-0.4, -0.2) is 6.04 Å². The van der Waals surface area contributed by atoms with Crippen LogP contribution in [0.2, 0.25) is 0 Å². The predicted molar refractivity (Wildman–Crippen MR) is 84.8 cm³/mol. The van der Waals surface area contributed by atoms with Gasteiger partial charge in [0.1, 0.15) is 11.9 Å². The highest BCUT2D eigenvalue weighted by molar-refractivity contribution is 9.10. The lowest BCUT2D eigenvalue weighted by molar-refractivity contribution is 0.173. The van der Waals surface area contributed by atoms with Gasteiger partial charge in [-0.3, -0.25) is 0 Å². The molecule has 102 valence electrons. The van der Waals surface area contributed by atoms with Crippen LogP contribution in [0.5, 0.6) is 5.75 Å². The number of aryl methyl sites for hydroxylation is 1. The first-order chi connectivity index (χ1) is 9.11. The van der Waals surface area contributed by atoms with Crippen molar-refractivity contribution in [3.8, 4) is 5.75 Å². The third-order valence-corrected chi connectivity index (χ3v) is 4.58. The molecule has 0 aliphatic rings. The molecule has 0 bridgehead atoms. The third-order valence-electron chi connectivity index (χ3n) is 3.03. The summed E-state index contributed by atoms with van der Waals surface area (Å²) in [5.74, 6) is 0.841. The van der Waals surface area contributed by atoms with E-state index in [4.69, 9.17) is 10.5 Å². The van der Waals surface area contributed by atoms with E-state index in [0.29, 0.717) is 0 Å². The molecule has 0 radical (unpaired) electrons. The largest absolute Gasteiger partial charge is 0.482 e. The Bertz CT molecular complexity index is 527. The zero-order valence-electron chi connectivity index (χ0n) is 11.1. The highest BCUT2D eigenvalue weighted by Gasteiger charge is 2.22. The van der Waals surface area contributed by atoms with Crippen LogP contribution in [0, 0.1) is 6.92 Å². The fourth-order valence-corrected chi connectivity index (χ4v) is 3.28. The molecule has 0 saturated carbocycles. The molecule has 0 aliphatic heterocycles. The van der Waals surface area contributed by atoms with Crippen molar-refractivity contribution >= 4 is 27.3 Å².